The summed E-state index contributed by atoms with van der Waals surface area (Å²) >= 11 is 0. The third-order valence-electron chi connectivity index (χ3n) is 3.99. The fourth-order valence-corrected chi connectivity index (χ4v) is 2.58. The lowest BCUT2D eigenvalue weighted by molar-refractivity contribution is 0.0597. The largest absolute Gasteiger partial charge is 0.496 e. The normalized spacial score (nSPS) is 13.5. The highest BCUT2D eigenvalue weighted by Gasteiger charge is 2.26. The van der Waals surface area contributed by atoms with Gasteiger partial charge >= 0.3 is 5.97 Å². The Bertz CT molecular complexity index is 765. The second-order valence-corrected chi connectivity index (χ2v) is 5.48. The maximum Gasteiger partial charge on any atom is 0.340 e. The number of benzene rings is 1. The first-order chi connectivity index (χ1) is 11.2. The smallest absolute Gasteiger partial charge is 0.340 e. The van der Waals surface area contributed by atoms with Crippen LogP contribution in [0.4, 0.5) is 0 Å². The Hall–Kier alpha value is -2.69. The number of hydrogen-bond donors (Lipinski definition) is 0. The molecule has 1 aliphatic carbocycles. The zero-order valence-corrected chi connectivity index (χ0v) is 13.0. The molecule has 0 spiro atoms. The Morgan fingerprint density at radius 1 is 1.09 bits per heavy atom. The molecule has 0 amide bonds. The van der Waals surface area contributed by atoms with Gasteiger partial charge in [0.05, 0.1) is 25.3 Å². The average Bonchev–Trinajstić information content (AvgIpc) is 3.45. The van der Waals surface area contributed by atoms with Crippen LogP contribution in [0.1, 0.15) is 50.6 Å². The van der Waals surface area contributed by atoms with Gasteiger partial charge in [-0.1, -0.05) is 6.07 Å². The van der Waals surface area contributed by atoms with E-state index in [0.717, 1.165) is 0 Å². The van der Waals surface area contributed by atoms with Gasteiger partial charge in [-0.25, -0.2) is 4.79 Å². The summed E-state index contributed by atoms with van der Waals surface area (Å²) < 4.78 is 10.1. The van der Waals surface area contributed by atoms with E-state index < -0.39 is 5.97 Å². The fraction of sp³-hybridized carbons (Fsp3) is 0.278. The molecule has 1 fully saturated rings. The van der Waals surface area contributed by atoms with Crippen molar-refractivity contribution in [2.75, 3.05) is 14.2 Å². The minimum Gasteiger partial charge on any atom is -0.496 e. The third kappa shape index (κ3) is 2.95. The van der Waals surface area contributed by atoms with Crippen LogP contribution in [0.3, 0.4) is 0 Å². The summed E-state index contributed by atoms with van der Waals surface area (Å²) in [5.41, 5.74) is 2.01. The van der Waals surface area contributed by atoms with E-state index in [-0.39, 0.29) is 16.9 Å². The second kappa shape index (κ2) is 6.20. The highest BCUT2D eigenvalue weighted by atomic mass is 16.5. The van der Waals surface area contributed by atoms with Gasteiger partial charge in [-0.05, 0) is 42.5 Å². The summed E-state index contributed by atoms with van der Waals surface area (Å²) in [4.78, 5) is 28.6. The lowest BCUT2D eigenvalue weighted by Crippen LogP contribution is -2.12. The molecule has 0 saturated heterocycles. The Labute approximate surface area is 134 Å². The molecule has 0 aliphatic heterocycles. The number of aromatic nitrogens is 1. The van der Waals surface area contributed by atoms with E-state index in [1.807, 2.05) is 12.1 Å². The Morgan fingerprint density at radius 3 is 2.52 bits per heavy atom. The van der Waals surface area contributed by atoms with Gasteiger partial charge in [0.15, 0.2) is 5.78 Å². The number of carbonyl (C=O) groups is 2. The molecule has 1 heterocycles. The van der Waals surface area contributed by atoms with Crippen molar-refractivity contribution >= 4 is 11.8 Å². The molecule has 0 bridgehead atoms. The predicted molar refractivity (Wildman–Crippen MR) is 84.0 cm³/mol. The van der Waals surface area contributed by atoms with Crippen molar-refractivity contribution in [2.24, 2.45) is 0 Å². The van der Waals surface area contributed by atoms with Gasteiger partial charge < -0.3 is 9.47 Å². The molecule has 0 unspecified atom stereocenters. The monoisotopic (exact) mass is 311 g/mol. The molecule has 1 aliphatic rings. The zero-order valence-electron chi connectivity index (χ0n) is 13.0. The van der Waals surface area contributed by atoms with Gasteiger partial charge in [-0.3, -0.25) is 9.78 Å². The standard InChI is InChI=1S/C18H17NO4/c1-22-16-9-12(11-3-4-11)5-6-14(16)17(20)13-7-8-19-10-15(13)18(21)23-2/h5-11H,3-4H2,1-2H3. The number of carbonyl (C=O) groups excluding carboxylic acids is 2. The van der Waals surface area contributed by atoms with Gasteiger partial charge in [0, 0.05) is 18.0 Å². The molecule has 5 nitrogen and oxygen atoms in total. The van der Waals surface area contributed by atoms with E-state index in [4.69, 9.17) is 9.47 Å². The first-order valence-electron chi connectivity index (χ1n) is 7.40. The summed E-state index contributed by atoms with van der Waals surface area (Å²) in [6, 6.07) is 7.13. The van der Waals surface area contributed by atoms with Crippen molar-refractivity contribution in [1.82, 2.24) is 4.98 Å². The maximum atomic E-state index is 12.8. The fourth-order valence-electron chi connectivity index (χ4n) is 2.58. The topological polar surface area (TPSA) is 65.5 Å². The van der Waals surface area contributed by atoms with Crippen LogP contribution in [0.5, 0.6) is 5.75 Å². The summed E-state index contributed by atoms with van der Waals surface area (Å²) in [6.07, 6.45) is 5.16. The van der Waals surface area contributed by atoms with Crippen LogP contribution >= 0.6 is 0 Å². The van der Waals surface area contributed by atoms with Crippen molar-refractivity contribution in [1.29, 1.82) is 0 Å². The van der Waals surface area contributed by atoms with Crippen molar-refractivity contribution < 1.29 is 19.1 Å². The lowest BCUT2D eigenvalue weighted by atomic mass is 9.97. The number of ether oxygens (including phenoxy) is 2. The number of esters is 1. The highest BCUT2D eigenvalue weighted by Crippen LogP contribution is 2.41. The van der Waals surface area contributed by atoms with E-state index in [1.54, 1.807) is 6.07 Å². The van der Waals surface area contributed by atoms with Crippen LogP contribution < -0.4 is 4.74 Å². The quantitative estimate of drug-likeness (QED) is 0.627. The van der Waals surface area contributed by atoms with E-state index >= 15 is 0 Å². The van der Waals surface area contributed by atoms with Crippen molar-refractivity contribution in [2.45, 2.75) is 18.8 Å². The summed E-state index contributed by atoms with van der Waals surface area (Å²) in [7, 11) is 2.81. The average molecular weight is 311 g/mol. The Morgan fingerprint density at radius 2 is 1.87 bits per heavy atom. The molecule has 0 radical (unpaired) electrons. The molecule has 2 aromatic rings. The SMILES string of the molecule is COC(=O)c1cnccc1C(=O)c1ccc(C2CC2)cc1OC. The minimum atomic E-state index is -0.588. The van der Waals surface area contributed by atoms with Crippen molar-refractivity contribution in [3.05, 3.63) is 58.9 Å². The lowest BCUT2D eigenvalue weighted by Gasteiger charge is -2.11. The third-order valence-corrected chi connectivity index (χ3v) is 3.99. The van der Waals surface area contributed by atoms with E-state index in [9.17, 15) is 9.59 Å². The highest BCUT2D eigenvalue weighted by molar-refractivity contribution is 6.15. The molecule has 1 aromatic carbocycles. The second-order valence-electron chi connectivity index (χ2n) is 5.48. The van der Waals surface area contributed by atoms with Gasteiger partial charge in [0.25, 0.3) is 0 Å². The summed E-state index contributed by atoms with van der Waals surface area (Å²) in [5.74, 6) is 0.216. The molecular weight excluding hydrogens is 294 g/mol. The summed E-state index contributed by atoms with van der Waals surface area (Å²) in [5, 5.41) is 0. The van der Waals surface area contributed by atoms with Crippen LogP contribution in [0, 0.1) is 0 Å². The van der Waals surface area contributed by atoms with E-state index in [2.05, 4.69) is 4.98 Å². The molecule has 3 rings (SSSR count). The molecule has 23 heavy (non-hydrogen) atoms. The van der Waals surface area contributed by atoms with Crippen LogP contribution in [0.25, 0.3) is 0 Å². The van der Waals surface area contributed by atoms with Gasteiger partial charge in [0.1, 0.15) is 5.75 Å². The van der Waals surface area contributed by atoms with Gasteiger partial charge in [0.2, 0.25) is 0 Å². The Balaban J connectivity index is 2.02. The van der Waals surface area contributed by atoms with Gasteiger partial charge in [-0.2, -0.15) is 0 Å². The first kappa shape index (κ1) is 15.2. The minimum absolute atomic E-state index is 0.147. The number of methoxy groups -OCH3 is 2. The zero-order chi connectivity index (χ0) is 16.4. The number of ketones is 1. The van der Waals surface area contributed by atoms with E-state index in [1.165, 1.54) is 51.1 Å². The molecular formula is C18H17NO4. The van der Waals surface area contributed by atoms with Crippen LogP contribution in [0.15, 0.2) is 36.7 Å². The molecule has 1 saturated carbocycles. The molecule has 5 heteroatoms. The summed E-state index contributed by atoms with van der Waals surface area (Å²) in [6.45, 7) is 0. The van der Waals surface area contributed by atoms with Crippen LogP contribution in [-0.4, -0.2) is 31.0 Å². The molecule has 1 aromatic heterocycles. The number of rotatable bonds is 5. The molecule has 0 atom stereocenters. The maximum absolute atomic E-state index is 12.8. The van der Waals surface area contributed by atoms with E-state index in [0.29, 0.717) is 17.2 Å². The van der Waals surface area contributed by atoms with Crippen molar-refractivity contribution in [3.63, 3.8) is 0 Å². The predicted octanol–water partition coefficient (Wildman–Crippen LogP) is 2.99. The van der Waals surface area contributed by atoms with Gasteiger partial charge in [-0.15, -0.1) is 0 Å². The van der Waals surface area contributed by atoms with Crippen LogP contribution in [-0.2, 0) is 4.74 Å². The first-order valence-corrected chi connectivity index (χ1v) is 7.40. The number of hydrogen-bond acceptors (Lipinski definition) is 5. The number of pyridine rings is 1. The number of nitrogens with zero attached hydrogens (tertiary/aromatic N) is 1. The Kier molecular flexibility index (Phi) is 4.10. The molecule has 118 valence electrons. The van der Waals surface area contributed by atoms with Crippen molar-refractivity contribution in [3.8, 4) is 5.75 Å². The van der Waals surface area contributed by atoms with Crippen LogP contribution in [0.2, 0.25) is 0 Å². The molecule has 0 N–H and O–H groups in total.